The van der Waals surface area contributed by atoms with Crippen molar-refractivity contribution in [2.45, 2.75) is 41.5 Å². The van der Waals surface area contributed by atoms with E-state index in [2.05, 4.69) is 47.8 Å². The molecular formula is C22H25N3O. The summed E-state index contributed by atoms with van der Waals surface area (Å²) in [4.78, 5) is 10.9. The van der Waals surface area contributed by atoms with Crippen LogP contribution in [0.4, 0.5) is 17.1 Å². The van der Waals surface area contributed by atoms with E-state index in [1.165, 1.54) is 22.4 Å². The van der Waals surface area contributed by atoms with Crippen LogP contribution in [0.25, 0.3) is 0 Å². The lowest BCUT2D eigenvalue weighted by molar-refractivity contribution is 0.467. The predicted molar refractivity (Wildman–Crippen MR) is 107 cm³/mol. The number of nitrogens with zero attached hydrogens (tertiary/aromatic N) is 3. The number of ether oxygens (including phenoxy) is 1. The number of aromatic nitrogens is 2. The Kier molecular flexibility index (Phi) is 4.94. The molecule has 2 aromatic heterocycles. The second-order valence-electron chi connectivity index (χ2n) is 6.27. The maximum atomic E-state index is 6.10. The number of aryl methyl sites for hydroxylation is 4. The third-order valence-electron chi connectivity index (χ3n) is 4.38. The molecule has 0 spiro atoms. The average molecular weight is 347 g/mol. The molecule has 0 unspecified atom stereocenters. The molecule has 4 rings (SSSR count). The van der Waals surface area contributed by atoms with Crippen LogP contribution in [0.5, 0.6) is 11.5 Å². The molecule has 1 aliphatic heterocycles. The van der Waals surface area contributed by atoms with Crippen LogP contribution in [0, 0.1) is 27.7 Å². The standard InChI is InChI=1S/C20H19N3O.C2H6/c1-12-9-13(2)19(14(3)10-12)23-16-5-7-21-11-18(16)24-20-15(4)22-8-6-17(20)23;1-2/h5-11H,1-4H3;1-2H3. The zero-order chi connectivity index (χ0) is 18.8. The van der Waals surface area contributed by atoms with Crippen LogP contribution in [-0.4, -0.2) is 9.97 Å². The minimum atomic E-state index is 0.750. The number of hydrogen-bond donors (Lipinski definition) is 0. The van der Waals surface area contributed by atoms with E-state index in [0.29, 0.717) is 0 Å². The molecule has 4 heteroatoms. The molecule has 0 atom stereocenters. The van der Waals surface area contributed by atoms with E-state index in [1.54, 1.807) is 12.4 Å². The molecule has 0 fully saturated rings. The summed E-state index contributed by atoms with van der Waals surface area (Å²) in [6.07, 6.45) is 5.39. The molecule has 0 saturated heterocycles. The second kappa shape index (κ2) is 7.16. The summed E-state index contributed by atoms with van der Waals surface area (Å²) < 4.78 is 6.10. The van der Waals surface area contributed by atoms with E-state index < -0.39 is 0 Å². The van der Waals surface area contributed by atoms with Crippen molar-refractivity contribution in [2.24, 2.45) is 0 Å². The smallest absolute Gasteiger partial charge is 0.172 e. The molecular weight excluding hydrogens is 322 g/mol. The van der Waals surface area contributed by atoms with Gasteiger partial charge in [0.1, 0.15) is 0 Å². The first-order valence-corrected chi connectivity index (χ1v) is 9.01. The van der Waals surface area contributed by atoms with Gasteiger partial charge in [-0.3, -0.25) is 9.97 Å². The lowest BCUT2D eigenvalue weighted by Crippen LogP contribution is -2.18. The quantitative estimate of drug-likeness (QED) is 0.404. The van der Waals surface area contributed by atoms with Crippen molar-refractivity contribution >= 4 is 17.1 Å². The highest BCUT2D eigenvalue weighted by molar-refractivity contribution is 5.88. The molecule has 26 heavy (non-hydrogen) atoms. The van der Waals surface area contributed by atoms with Gasteiger partial charge in [0.2, 0.25) is 0 Å². The van der Waals surface area contributed by atoms with E-state index >= 15 is 0 Å². The first-order valence-electron chi connectivity index (χ1n) is 9.01. The van der Waals surface area contributed by atoms with Crippen molar-refractivity contribution in [3.05, 3.63) is 65.2 Å². The number of benzene rings is 1. The summed E-state index contributed by atoms with van der Waals surface area (Å²) in [6.45, 7) is 12.4. The summed E-state index contributed by atoms with van der Waals surface area (Å²) >= 11 is 0. The number of hydrogen-bond acceptors (Lipinski definition) is 4. The Balaban J connectivity index is 0.000000948. The van der Waals surface area contributed by atoms with Crippen LogP contribution in [0.3, 0.4) is 0 Å². The van der Waals surface area contributed by atoms with E-state index in [-0.39, 0.29) is 0 Å². The fourth-order valence-electron chi connectivity index (χ4n) is 3.48. The normalized spacial score (nSPS) is 11.7. The molecule has 0 aliphatic carbocycles. The van der Waals surface area contributed by atoms with E-state index in [4.69, 9.17) is 4.74 Å². The summed E-state index contributed by atoms with van der Waals surface area (Å²) in [5.41, 5.74) is 7.80. The Hall–Kier alpha value is -2.88. The Bertz CT molecular complexity index is 927. The second-order valence-corrected chi connectivity index (χ2v) is 6.27. The van der Waals surface area contributed by atoms with Crippen LogP contribution in [0.1, 0.15) is 36.2 Å². The molecule has 0 bridgehead atoms. The lowest BCUT2D eigenvalue weighted by Gasteiger charge is -2.34. The molecule has 1 aromatic carbocycles. The van der Waals surface area contributed by atoms with Gasteiger partial charge in [0, 0.05) is 12.4 Å². The highest BCUT2D eigenvalue weighted by Gasteiger charge is 2.29. The van der Waals surface area contributed by atoms with Crippen molar-refractivity contribution in [3.63, 3.8) is 0 Å². The van der Waals surface area contributed by atoms with Crippen molar-refractivity contribution in [3.8, 4) is 11.5 Å². The monoisotopic (exact) mass is 347 g/mol. The van der Waals surface area contributed by atoms with Crippen molar-refractivity contribution < 1.29 is 4.74 Å². The van der Waals surface area contributed by atoms with Gasteiger partial charge in [-0.2, -0.15) is 0 Å². The summed E-state index contributed by atoms with van der Waals surface area (Å²) in [5.74, 6) is 1.54. The van der Waals surface area contributed by atoms with Crippen LogP contribution < -0.4 is 9.64 Å². The average Bonchev–Trinajstić information content (AvgIpc) is 2.63. The fourth-order valence-corrected chi connectivity index (χ4v) is 3.48. The van der Waals surface area contributed by atoms with E-state index in [0.717, 1.165) is 28.6 Å². The topological polar surface area (TPSA) is 38.2 Å². The predicted octanol–water partition coefficient (Wildman–Crippen LogP) is 6.31. The molecule has 3 heterocycles. The summed E-state index contributed by atoms with van der Waals surface area (Å²) in [6, 6.07) is 8.43. The first-order chi connectivity index (χ1) is 12.6. The number of rotatable bonds is 1. The summed E-state index contributed by atoms with van der Waals surface area (Å²) in [7, 11) is 0. The fraction of sp³-hybridized carbons (Fsp3) is 0.273. The Morgan fingerprint density at radius 3 is 2.23 bits per heavy atom. The van der Waals surface area contributed by atoms with Crippen molar-refractivity contribution in [2.75, 3.05) is 4.90 Å². The molecule has 0 saturated carbocycles. The Morgan fingerprint density at radius 1 is 0.885 bits per heavy atom. The Morgan fingerprint density at radius 2 is 1.54 bits per heavy atom. The zero-order valence-electron chi connectivity index (χ0n) is 16.3. The molecule has 1 aliphatic rings. The third-order valence-corrected chi connectivity index (χ3v) is 4.38. The van der Waals surface area contributed by atoms with Crippen LogP contribution in [-0.2, 0) is 0 Å². The van der Waals surface area contributed by atoms with Gasteiger partial charge in [-0.15, -0.1) is 0 Å². The number of fused-ring (bicyclic) bond motifs is 2. The molecule has 0 amide bonds. The highest BCUT2D eigenvalue weighted by Crippen LogP contribution is 2.51. The zero-order valence-corrected chi connectivity index (χ0v) is 16.3. The minimum absolute atomic E-state index is 0.750. The number of pyridine rings is 2. The lowest BCUT2D eigenvalue weighted by atomic mass is 10.0. The maximum Gasteiger partial charge on any atom is 0.172 e. The van der Waals surface area contributed by atoms with Gasteiger partial charge in [0.15, 0.2) is 11.5 Å². The largest absolute Gasteiger partial charge is 0.449 e. The van der Waals surface area contributed by atoms with Gasteiger partial charge in [-0.25, -0.2) is 0 Å². The van der Waals surface area contributed by atoms with Crippen molar-refractivity contribution in [1.29, 1.82) is 0 Å². The van der Waals surface area contributed by atoms with Gasteiger partial charge in [0.25, 0.3) is 0 Å². The van der Waals surface area contributed by atoms with Gasteiger partial charge in [-0.1, -0.05) is 31.5 Å². The van der Waals surface area contributed by atoms with Gasteiger partial charge in [0.05, 0.1) is 29.0 Å². The molecule has 0 N–H and O–H groups in total. The van der Waals surface area contributed by atoms with Crippen LogP contribution in [0.2, 0.25) is 0 Å². The van der Waals surface area contributed by atoms with E-state index in [9.17, 15) is 0 Å². The SMILES string of the molecule is CC.Cc1cc(C)c(N2c3ccncc3Oc3c2ccnc3C)c(C)c1. The van der Waals surface area contributed by atoms with Crippen LogP contribution in [0.15, 0.2) is 42.9 Å². The number of anilines is 3. The van der Waals surface area contributed by atoms with Gasteiger partial charge in [-0.05, 0) is 51.0 Å². The molecule has 4 nitrogen and oxygen atoms in total. The van der Waals surface area contributed by atoms with Gasteiger partial charge < -0.3 is 9.64 Å². The van der Waals surface area contributed by atoms with Crippen molar-refractivity contribution in [1.82, 2.24) is 9.97 Å². The summed E-state index contributed by atoms with van der Waals surface area (Å²) in [5, 5.41) is 0. The third kappa shape index (κ3) is 2.92. The highest BCUT2D eigenvalue weighted by atomic mass is 16.5. The van der Waals surface area contributed by atoms with Crippen LogP contribution >= 0.6 is 0 Å². The molecule has 134 valence electrons. The van der Waals surface area contributed by atoms with E-state index in [1.807, 2.05) is 39.1 Å². The molecule has 0 radical (unpaired) electrons. The molecule has 3 aromatic rings. The first kappa shape index (κ1) is 17.9. The Labute approximate surface area is 155 Å². The maximum absolute atomic E-state index is 6.10. The minimum Gasteiger partial charge on any atom is -0.449 e. The van der Waals surface area contributed by atoms with Gasteiger partial charge >= 0.3 is 0 Å².